The highest BCUT2D eigenvalue weighted by Crippen LogP contribution is 2.36. The number of rotatable bonds is 7. The lowest BCUT2D eigenvalue weighted by molar-refractivity contribution is -0.0833. The van der Waals surface area contributed by atoms with Gasteiger partial charge in [0.1, 0.15) is 5.75 Å². The molecule has 2 heteroatoms. The first-order valence-corrected chi connectivity index (χ1v) is 8.43. The summed E-state index contributed by atoms with van der Waals surface area (Å²) >= 11 is 0. The molecule has 1 rings (SSSR count). The fourth-order valence-electron chi connectivity index (χ4n) is 2.78. The molecule has 0 aromatic heterocycles. The van der Waals surface area contributed by atoms with E-state index >= 15 is 0 Å². The van der Waals surface area contributed by atoms with E-state index in [1.807, 2.05) is 0 Å². The van der Waals surface area contributed by atoms with Crippen LogP contribution < -0.4 is 4.74 Å². The molecule has 2 atom stereocenters. The average molecular weight is 306 g/mol. The van der Waals surface area contributed by atoms with Gasteiger partial charge in [-0.3, -0.25) is 0 Å². The Balaban J connectivity index is 2.85. The van der Waals surface area contributed by atoms with Gasteiger partial charge in [0.2, 0.25) is 6.29 Å². The van der Waals surface area contributed by atoms with Gasteiger partial charge in [0, 0.05) is 13.0 Å². The van der Waals surface area contributed by atoms with Crippen LogP contribution in [0.3, 0.4) is 0 Å². The zero-order chi connectivity index (χ0) is 16.9. The van der Waals surface area contributed by atoms with Gasteiger partial charge in [0.25, 0.3) is 0 Å². The Bertz CT molecular complexity index is 426. The van der Waals surface area contributed by atoms with E-state index in [9.17, 15) is 0 Å². The van der Waals surface area contributed by atoms with Crippen molar-refractivity contribution in [3.8, 4) is 5.75 Å². The van der Waals surface area contributed by atoms with Crippen LogP contribution in [0.15, 0.2) is 24.3 Å². The Labute approximate surface area is 137 Å². The van der Waals surface area contributed by atoms with E-state index in [-0.39, 0.29) is 6.29 Å². The molecule has 0 N–H and O–H groups in total. The minimum absolute atomic E-state index is 0.193. The molecule has 22 heavy (non-hydrogen) atoms. The smallest absolute Gasteiger partial charge is 0.201 e. The Kier molecular flexibility index (Phi) is 6.93. The molecule has 1 aromatic carbocycles. The molecule has 0 amide bonds. The summed E-state index contributed by atoms with van der Waals surface area (Å²) in [4.78, 5) is 0. The molecule has 2 unspecified atom stereocenters. The molecule has 0 saturated heterocycles. The maximum Gasteiger partial charge on any atom is 0.201 e. The Morgan fingerprint density at radius 1 is 0.909 bits per heavy atom. The Morgan fingerprint density at radius 2 is 1.45 bits per heavy atom. The van der Waals surface area contributed by atoms with Crippen LogP contribution in [0, 0.1) is 17.3 Å². The number of benzene rings is 1. The third-order valence-electron chi connectivity index (χ3n) is 3.97. The van der Waals surface area contributed by atoms with Gasteiger partial charge in [-0.25, -0.2) is 0 Å². The summed E-state index contributed by atoms with van der Waals surface area (Å²) in [7, 11) is 1.69. The lowest BCUT2D eigenvalue weighted by atomic mass is 9.76. The molecule has 0 aliphatic heterocycles. The Hall–Kier alpha value is -1.02. The van der Waals surface area contributed by atoms with E-state index in [2.05, 4.69) is 72.7 Å². The highest BCUT2D eigenvalue weighted by atomic mass is 16.7. The molecule has 0 saturated carbocycles. The first kappa shape index (κ1) is 19.0. The summed E-state index contributed by atoms with van der Waals surface area (Å²) in [6.07, 6.45) is 0.999. The molecule has 0 radical (unpaired) electrons. The quantitative estimate of drug-likeness (QED) is 0.586. The second-order valence-electron chi connectivity index (χ2n) is 8.15. The van der Waals surface area contributed by atoms with Gasteiger partial charge in [-0.15, -0.1) is 0 Å². The summed E-state index contributed by atoms with van der Waals surface area (Å²) in [5, 5.41) is 0. The van der Waals surface area contributed by atoms with E-state index in [1.165, 1.54) is 12.0 Å². The molecule has 0 heterocycles. The zero-order valence-corrected chi connectivity index (χ0v) is 15.6. The second kappa shape index (κ2) is 8.01. The number of hydrogen-bond donors (Lipinski definition) is 0. The number of ether oxygens (including phenoxy) is 2. The number of hydrogen-bond acceptors (Lipinski definition) is 2. The van der Waals surface area contributed by atoms with Gasteiger partial charge >= 0.3 is 0 Å². The molecular weight excluding hydrogens is 272 g/mol. The first-order chi connectivity index (χ1) is 10.1. The summed E-state index contributed by atoms with van der Waals surface area (Å²) in [5.41, 5.74) is 1.74. The van der Waals surface area contributed by atoms with Gasteiger partial charge in [-0.05, 0) is 41.4 Å². The zero-order valence-electron chi connectivity index (χ0n) is 15.6. The van der Waals surface area contributed by atoms with E-state index in [0.717, 1.165) is 5.75 Å². The highest BCUT2D eigenvalue weighted by Gasteiger charge is 2.23. The van der Waals surface area contributed by atoms with Crippen molar-refractivity contribution >= 4 is 0 Å². The standard InChI is InChI=1S/C20H34O2/c1-14(2)18(13-20(5,6)7)16-9-11-17(12-10-16)22-19(21-8)15(3)4/h9-12,14-15,18-19H,13H2,1-8H3. The summed E-state index contributed by atoms with van der Waals surface area (Å²) in [6.45, 7) is 15.7. The van der Waals surface area contributed by atoms with Gasteiger partial charge < -0.3 is 9.47 Å². The van der Waals surface area contributed by atoms with E-state index in [1.54, 1.807) is 7.11 Å². The Morgan fingerprint density at radius 3 is 1.82 bits per heavy atom. The summed E-state index contributed by atoms with van der Waals surface area (Å²) in [6, 6.07) is 8.56. The van der Waals surface area contributed by atoms with Crippen LogP contribution in [0.4, 0.5) is 0 Å². The van der Waals surface area contributed by atoms with E-state index in [0.29, 0.717) is 23.2 Å². The van der Waals surface area contributed by atoms with E-state index in [4.69, 9.17) is 9.47 Å². The minimum atomic E-state index is -0.193. The molecule has 0 fully saturated rings. The van der Waals surface area contributed by atoms with Crippen LogP contribution in [0.5, 0.6) is 5.75 Å². The first-order valence-electron chi connectivity index (χ1n) is 8.43. The van der Waals surface area contributed by atoms with Gasteiger partial charge in [0.15, 0.2) is 0 Å². The maximum atomic E-state index is 5.90. The molecule has 1 aromatic rings. The largest absolute Gasteiger partial charge is 0.465 e. The van der Waals surface area contributed by atoms with Crippen LogP contribution in [-0.2, 0) is 4.74 Å². The third-order valence-corrected chi connectivity index (χ3v) is 3.97. The van der Waals surface area contributed by atoms with Crippen molar-refractivity contribution in [2.45, 2.75) is 67.1 Å². The van der Waals surface area contributed by atoms with Crippen molar-refractivity contribution in [2.75, 3.05) is 7.11 Å². The van der Waals surface area contributed by atoms with Crippen molar-refractivity contribution in [3.63, 3.8) is 0 Å². The van der Waals surface area contributed by atoms with Crippen molar-refractivity contribution < 1.29 is 9.47 Å². The second-order valence-corrected chi connectivity index (χ2v) is 8.15. The van der Waals surface area contributed by atoms with Crippen molar-refractivity contribution in [3.05, 3.63) is 29.8 Å². The molecule has 2 nitrogen and oxygen atoms in total. The molecule has 0 bridgehead atoms. The van der Waals surface area contributed by atoms with Gasteiger partial charge in [-0.1, -0.05) is 60.6 Å². The molecule has 0 aliphatic rings. The van der Waals surface area contributed by atoms with Crippen LogP contribution in [0.25, 0.3) is 0 Å². The lowest BCUT2D eigenvalue weighted by Gasteiger charge is -2.29. The van der Waals surface area contributed by atoms with Gasteiger partial charge in [-0.2, -0.15) is 0 Å². The molecular formula is C20H34O2. The van der Waals surface area contributed by atoms with Crippen LogP contribution in [-0.4, -0.2) is 13.4 Å². The SMILES string of the molecule is COC(Oc1ccc(C(CC(C)(C)C)C(C)C)cc1)C(C)C. The molecule has 126 valence electrons. The van der Waals surface area contributed by atoms with Crippen LogP contribution in [0.2, 0.25) is 0 Å². The van der Waals surface area contributed by atoms with Crippen LogP contribution in [0.1, 0.15) is 66.4 Å². The third kappa shape index (κ3) is 6.00. The van der Waals surface area contributed by atoms with Crippen LogP contribution >= 0.6 is 0 Å². The monoisotopic (exact) mass is 306 g/mol. The lowest BCUT2D eigenvalue weighted by Crippen LogP contribution is -2.25. The van der Waals surface area contributed by atoms with Gasteiger partial charge in [0.05, 0.1) is 0 Å². The highest BCUT2D eigenvalue weighted by molar-refractivity contribution is 5.30. The number of methoxy groups -OCH3 is 1. The van der Waals surface area contributed by atoms with Crippen molar-refractivity contribution in [1.29, 1.82) is 0 Å². The summed E-state index contributed by atoms with van der Waals surface area (Å²) in [5.74, 6) is 2.42. The molecule has 0 aliphatic carbocycles. The topological polar surface area (TPSA) is 18.5 Å². The summed E-state index contributed by atoms with van der Waals surface area (Å²) < 4.78 is 11.3. The molecule has 0 spiro atoms. The predicted molar refractivity (Wildman–Crippen MR) is 94.4 cm³/mol. The fourth-order valence-corrected chi connectivity index (χ4v) is 2.78. The predicted octanol–water partition coefficient (Wildman–Crippen LogP) is 5.87. The normalized spacial score (nSPS) is 15.2. The maximum absolute atomic E-state index is 5.90. The van der Waals surface area contributed by atoms with Crippen molar-refractivity contribution in [1.82, 2.24) is 0 Å². The van der Waals surface area contributed by atoms with Crippen molar-refractivity contribution in [2.24, 2.45) is 17.3 Å². The average Bonchev–Trinajstić information content (AvgIpc) is 2.41. The minimum Gasteiger partial charge on any atom is -0.465 e. The fraction of sp³-hybridized carbons (Fsp3) is 0.700. The van der Waals surface area contributed by atoms with E-state index < -0.39 is 0 Å².